The van der Waals surface area contributed by atoms with Crippen molar-refractivity contribution < 1.29 is 19.5 Å². The number of esters is 1. The van der Waals surface area contributed by atoms with E-state index in [9.17, 15) is 10.0 Å². The summed E-state index contributed by atoms with van der Waals surface area (Å²) < 4.78 is 9.80. The molecule has 0 fully saturated rings. The van der Waals surface area contributed by atoms with Gasteiger partial charge in [-0.25, -0.2) is 14.8 Å². The van der Waals surface area contributed by atoms with E-state index in [1.165, 1.54) is 24.8 Å². The largest absolute Gasteiger partial charge is 0.464 e. The average Bonchev–Trinajstić information content (AvgIpc) is 2.79. The first kappa shape index (κ1) is 12.8. The predicted octanol–water partition coefficient (Wildman–Crippen LogP) is 0.519. The molecule has 2 rings (SSSR count). The van der Waals surface area contributed by atoms with E-state index in [0.29, 0.717) is 16.1 Å². The van der Waals surface area contributed by atoms with Crippen LogP contribution in [-0.4, -0.2) is 44.3 Å². The Labute approximate surface area is 108 Å². The normalized spacial score (nSPS) is 10.2. The Balaban J connectivity index is 2.07. The lowest BCUT2D eigenvalue weighted by molar-refractivity contribution is -0.145. The maximum absolute atomic E-state index is 11.1. The monoisotopic (exact) mass is 264 g/mol. The predicted molar refractivity (Wildman–Crippen MR) is 62.6 cm³/mol. The zero-order chi connectivity index (χ0) is 13.7. The van der Waals surface area contributed by atoms with Gasteiger partial charge in [0.15, 0.2) is 6.61 Å². The average molecular weight is 264 g/mol. The molecule has 8 nitrogen and oxygen atoms in total. The minimum atomic E-state index is -0.500. The maximum atomic E-state index is 11.1. The van der Waals surface area contributed by atoms with Crippen molar-refractivity contribution in [1.29, 1.82) is 0 Å². The summed E-state index contributed by atoms with van der Waals surface area (Å²) in [5.41, 5.74) is 0.933. The van der Waals surface area contributed by atoms with E-state index < -0.39 is 5.97 Å². The molecule has 0 bridgehead atoms. The molecule has 0 amide bonds. The second-order valence-electron chi connectivity index (χ2n) is 3.48. The minimum Gasteiger partial charge on any atom is -0.464 e. The van der Waals surface area contributed by atoms with Crippen LogP contribution in [0.15, 0.2) is 24.8 Å². The third kappa shape index (κ3) is 3.18. The molecule has 100 valence electrons. The second-order valence-corrected chi connectivity index (χ2v) is 3.48. The smallest absolute Gasteiger partial charge is 0.344 e. The number of nitrogens with zero attached hydrogens (tertiary/aromatic N) is 4. The summed E-state index contributed by atoms with van der Waals surface area (Å²) in [6.45, 7) is 1.71. The van der Waals surface area contributed by atoms with Gasteiger partial charge in [-0.05, 0) is 6.92 Å². The van der Waals surface area contributed by atoms with Crippen LogP contribution in [0.1, 0.15) is 6.92 Å². The van der Waals surface area contributed by atoms with E-state index in [0.717, 1.165) is 0 Å². The lowest BCUT2D eigenvalue weighted by Crippen LogP contribution is -2.14. The van der Waals surface area contributed by atoms with Gasteiger partial charge in [-0.15, -0.1) is 0 Å². The summed E-state index contributed by atoms with van der Waals surface area (Å²) >= 11 is 0. The van der Waals surface area contributed by atoms with Crippen molar-refractivity contribution in [2.24, 2.45) is 0 Å². The van der Waals surface area contributed by atoms with Gasteiger partial charge in [-0.2, -0.15) is 0 Å². The van der Waals surface area contributed by atoms with Crippen molar-refractivity contribution >= 4 is 5.97 Å². The third-order valence-corrected chi connectivity index (χ3v) is 2.17. The highest BCUT2D eigenvalue weighted by molar-refractivity contribution is 5.71. The second kappa shape index (κ2) is 5.80. The van der Waals surface area contributed by atoms with Crippen LogP contribution in [0.4, 0.5) is 0 Å². The zero-order valence-electron chi connectivity index (χ0n) is 10.2. The summed E-state index contributed by atoms with van der Waals surface area (Å²) in [6.07, 6.45) is 4.41. The van der Waals surface area contributed by atoms with E-state index in [-0.39, 0.29) is 19.1 Å². The molecule has 0 saturated carbocycles. The number of hydrogen-bond donors (Lipinski definition) is 1. The molecule has 2 heterocycles. The SMILES string of the molecule is CCOC(=O)COc1cc(-c2cncnc2)n(O)n1. The number of carbonyl (C=O) groups excluding carboxylic acids is 1. The van der Waals surface area contributed by atoms with E-state index in [1.54, 1.807) is 6.92 Å². The van der Waals surface area contributed by atoms with Crippen molar-refractivity contribution in [3.8, 4) is 17.1 Å². The molecule has 2 aromatic rings. The van der Waals surface area contributed by atoms with Gasteiger partial charge in [-0.1, -0.05) is 9.94 Å². The van der Waals surface area contributed by atoms with Crippen LogP contribution in [0, 0.1) is 0 Å². The highest BCUT2D eigenvalue weighted by Crippen LogP contribution is 2.21. The van der Waals surface area contributed by atoms with Gasteiger partial charge in [-0.3, -0.25) is 0 Å². The van der Waals surface area contributed by atoms with Crippen molar-refractivity contribution in [2.45, 2.75) is 6.92 Å². The van der Waals surface area contributed by atoms with E-state index in [2.05, 4.69) is 15.1 Å². The summed E-state index contributed by atoms with van der Waals surface area (Å²) in [5, 5.41) is 13.3. The number of aromatic nitrogens is 4. The fraction of sp³-hybridized carbons (Fsp3) is 0.273. The lowest BCUT2D eigenvalue weighted by atomic mass is 10.2. The minimum absolute atomic E-state index is 0.106. The Kier molecular flexibility index (Phi) is 3.91. The number of rotatable bonds is 5. The van der Waals surface area contributed by atoms with Gasteiger partial charge in [0.2, 0.25) is 5.88 Å². The Morgan fingerprint density at radius 3 is 2.84 bits per heavy atom. The Morgan fingerprint density at radius 1 is 1.42 bits per heavy atom. The van der Waals surface area contributed by atoms with Gasteiger partial charge >= 0.3 is 5.97 Å². The quantitative estimate of drug-likeness (QED) is 0.620. The van der Waals surface area contributed by atoms with Crippen LogP contribution >= 0.6 is 0 Å². The van der Waals surface area contributed by atoms with E-state index >= 15 is 0 Å². The van der Waals surface area contributed by atoms with Crippen LogP contribution in [0.2, 0.25) is 0 Å². The molecular formula is C11H12N4O4. The fourth-order valence-corrected chi connectivity index (χ4v) is 1.39. The van der Waals surface area contributed by atoms with Crippen LogP contribution in [0.25, 0.3) is 11.3 Å². The molecule has 0 aliphatic rings. The molecule has 2 aromatic heterocycles. The third-order valence-electron chi connectivity index (χ3n) is 2.17. The molecule has 19 heavy (non-hydrogen) atoms. The van der Waals surface area contributed by atoms with Crippen LogP contribution in [-0.2, 0) is 9.53 Å². The molecule has 0 atom stereocenters. The molecule has 0 aliphatic carbocycles. The van der Waals surface area contributed by atoms with Gasteiger partial charge in [0.1, 0.15) is 12.0 Å². The highest BCUT2D eigenvalue weighted by Gasteiger charge is 2.12. The molecule has 0 spiro atoms. The van der Waals surface area contributed by atoms with Gasteiger partial charge in [0.05, 0.1) is 6.61 Å². The number of carbonyl (C=O) groups is 1. The maximum Gasteiger partial charge on any atom is 0.344 e. The van der Waals surface area contributed by atoms with Crippen molar-refractivity contribution in [1.82, 2.24) is 19.9 Å². The molecule has 0 aliphatic heterocycles. The molecule has 0 radical (unpaired) electrons. The number of hydrogen-bond acceptors (Lipinski definition) is 7. The molecule has 8 heteroatoms. The first-order valence-corrected chi connectivity index (χ1v) is 5.54. The van der Waals surface area contributed by atoms with Crippen LogP contribution < -0.4 is 4.74 Å². The van der Waals surface area contributed by atoms with Crippen molar-refractivity contribution in [3.63, 3.8) is 0 Å². The molecule has 0 unspecified atom stereocenters. The Hall–Kier alpha value is -2.64. The molecule has 0 aromatic carbocycles. The van der Waals surface area contributed by atoms with Crippen LogP contribution in [0.3, 0.4) is 0 Å². The van der Waals surface area contributed by atoms with Crippen molar-refractivity contribution in [2.75, 3.05) is 13.2 Å². The summed E-state index contributed by atoms with van der Waals surface area (Å²) in [7, 11) is 0. The van der Waals surface area contributed by atoms with E-state index in [1.807, 2.05) is 0 Å². The van der Waals surface area contributed by atoms with Gasteiger partial charge in [0.25, 0.3) is 0 Å². The summed E-state index contributed by atoms with van der Waals surface area (Å²) in [4.78, 5) is 19.4. The Bertz CT molecular complexity index is 555. The highest BCUT2D eigenvalue weighted by atomic mass is 16.6. The fourth-order valence-electron chi connectivity index (χ4n) is 1.39. The number of ether oxygens (including phenoxy) is 2. The van der Waals surface area contributed by atoms with E-state index in [4.69, 9.17) is 9.47 Å². The van der Waals surface area contributed by atoms with Gasteiger partial charge < -0.3 is 14.7 Å². The Morgan fingerprint density at radius 2 is 2.16 bits per heavy atom. The molecule has 0 saturated heterocycles. The van der Waals surface area contributed by atoms with Crippen LogP contribution in [0.5, 0.6) is 5.88 Å². The first-order chi connectivity index (χ1) is 9.20. The van der Waals surface area contributed by atoms with Crippen molar-refractivity contribution in [3.05, 3.63) is 24.8 Å². The lowest BCUT2D eigenvalue weighted by Gasteiger charge is -2.01. The topological polar surface area (TPSA) is 99.4 Å². The molecule has 1 N–H and O–H groups in total. The first-order valence-electron chi connectivity index (χ1n) is 5.54. The molecular weight excluding hydrogens is 252 g/mol. The van der Waals surface area contributed by atoms with Gasteiger partial charge in [0, 0.05) is 24.0 Å². The summed E-state index contributed by atoms with van der Waals surface area (Å²) in [6, 6.07) is 1.47. The standard InChI is InChI=1S/C11H12N4O4/c1-2-18-11(16)6-19-10-3-9(15(17)14-10)8-4-12-7-13-5-8/h3-5,7,17H,2,6H2,1H3. The summed E-state index contributed by atoms with van der Waals surface area (Å²) in [5.74, 6) is -0.394. The zero-order valence-corrected chi connectivity index (χ0v) is 10.2.